The first-order valence-corrected chi connectivity index (χ1v) is 12.4. The molecule has 0 saturated carbocycles. The van der Waals surface area contributed by atoms with Crippen LogP contribution in [0.4, 0.5) is 15.5 Å². The first kappa shape index (κ1) is 22.4. The highest BCUT2D eigenvalue weighted by atomic mass is 32.1. The van der Waals surface area contributed by atoms with Crippen molar-refractivity contribution in [1.29, 1.82) is 0 Å². The van der Waals surface area contributed by atoms with E-state index in [0.717, 1.165) is 44.6 Å². The molecule has 1 aromatic heterocycles. The lowest BCUT2D eigenvalue weighted by Gasteiger charge is -2.45. The van der Waals surface area contributed by atoms with E-state index in [9.17, 15) is 9.59 Å². The number of likely N-dealkylation sites (N-methyl/N-ethyl adjacent to an activating group) is 1. The maximum atomic E-state index is 13.5. The molecular formula is C22H36N6O2S. The molecule has 3 heterocycles. The van der Waals surface area contributed by atoms with Crippen molar-refractivity contribution in [2.24, 2.45) is 11.8 Å². The van der Waals surface area contributed by atoms with Crippen molar-refractivity contribution in [2.75, 3.05) is 57.8 Å². The summed E-state index contributed by atoms with van der Waals surface area (Å²) in [7, 11) is 2.10. The van der Waals surface area contributed by atoms with E-state index in [4.69, 9.17) is 11.5 Å². The van der Waals surface area contributed by atoms with E-state index in [1.54, 1.807) is 11.3 Å². The van der Waals surface area contributed by atoms with Crippen molar-refractivity contribution < 1.29 is 9.59 Å². The number of thiophene rings is 1. The lowest BCUT2D eigenvalue weighted by molar-refractivity contribution is -0.136. The molecule has 3 atom stereocenters. The normalized spacial score (nSPS) is 26.3. The van der Waals surface area contributed by atoms with Crippen LogP contribution in [-0.2, 0) is 17.6 Å². The summed E-state index contributed by atoms with van der Waals surface area (Å²) in [6.07, 6.45) is 5.00. The van der Waals surface area contributed by atoms with E-state index in [1.165, 1.54) is 28.2 Å². The van der Waals surface area contributed by atoms with Crippen LogP contribution in [0.25, 0.3) is 0 Å². The number of piperidine rings is 1. The molecule has 0 spiro atoms. The van der Waals surface area contributed by atoms with Gasteiger partial charge in [0.2, 0.25) is 5.91 Å². The van der Waals surface area contributed by atoms with Crippen LogP contribution in [0.15, 0.2) is 0 Å². The smallest absolute Gasteiger partial charge is 0.324 e. The highest BCUT2D eigenvalue weighted by molar-refractivity contribution is 7.16. The van der Waals surface area contributed by atoms with Gasteiger partial charge >= 0.3 is 6.03 Å². The second kappa shape index (κ2) is 9.34. The zero-order valence-electron chi connectivity index (χ0n) is 18.7. The minimum Gasteiger partial charge on any atom is -0.396 e. The summed E-state index contributed by atoms with van der Waals surface area (Å²) in [4.78, 5) is 33.7. The number of nitrogens with two attached hydrogens (primary N) is 2. The molecule has 2 saturated heterocycles. The van der Waals surface area contributed by atoms with Gasteiger partial charge < -0.3 is 26.6 Å². The van der Waals surface area contributed by atoms with Crippen molar-refractivity contribution in [3.8, 4) is 0 Å². The molecule has 1 unspecified atom stereocenters. The first-order valence-electron chi connectivity index (χ1n) is 11.6. The Labute approximate surface area is 188 Å². The van der Waals surface area contributed by atoms with E-state index in [2.05, 4.69) is 22.2 Å². The van der Waals surface area contributed by atoms with E-state index in [1.807, 2.05) is 6.92 Å². The maximum absolute atomic E-state index is 13.5. The van der Waals surface area contributed by atoms with Crippen LogP contribution in [0.3, 0.4) is 0 Å². The Bertz CT molecular complexity index is 821. The van der Waals surface area contributed by atoms with Gasteiger partial charge in [0.05, 0.1) is 11.6 Å². The molecule has 4 rings (SSSR count). The van der Waals surface area contributed by atoms with Gasteiger partial charge in [0.25, 0.3) is 0 Å². The molecule has 1 aliphatic carbocycles. The molecule has 31 heavy (non-hydrogen) atoms. The van der Waals surface area contributed by atoms with Gasteiger partial charge in [-0.15, -0.1) is 11.3 Å². The fraction of sp³-hybridized carbons (Fsp3) is 0.727. The van der Waals surface area contributed by atoms with Crippen LogP contribution in [-0.4, -0.2) is 79.0 Å². The number of anilines is 2. The molecule has 0 aromatic carbocycles. The topological polar surface area (TPSA) is 108 Å². The monoisotopic (exact) mass is 448 g/mol. The van der Waals surface area contributed by atoms with Gasteiger partial charge in [-0.2, -0.15) is 0 Å². The Morgan fingerprint density at radius 3 is 2.68 bits per heavy atom. The summed E-state index contributed by atoms with van der Waals surface area (Å²) in [5.74, 6) is 0.136. The van der Waals surface area contributed by atoms with Gasteiger partial charge in [0, 0.05) is 37.1 Å². The van der Waals surface area contributed by atoms with Crippen molar-refractivity contribution in [2.45, 2.75) is 45.1 Å². The molecule has 5 N–H and O–H groups in total. The number of nitrogens with one attached hydrogen (secondary N) is 1. The number of carbonyl (C=O) groups is 2. The number of nitrogens with zero attached hydrogens (tertiary/aromatic N) is 3. The molecule has 2 fully saturated rings. The SMILES string of the molecule is CCNC(=O)N(CCN1CCCC1)C(=O)C1C[C@@H]2Cc3c(sc(N)c3N)C[C@H]2N(C)C1. The molecule has 0 radical (unpaired) electrons. The van der Waals surface area contributed by atoms with Gasteiger partial charge in [0.1, 0.15) is 5.00 Å². The number of amides is 3. The second-order valence-electron chi connectivity index (χ2n) is 9.26. The van der Waals surface area contributed by atoms with Crippen LogP contribution in [0.5, 0.6) is 0 Å². The zero-order chi connectivity index (χ0) is 22.1. The average Bonchev–Trinajstić information content (AvgIpc) is 3.35. The number of rotatable bonds is 5. The largest absolute Gasteiger partial charge is 0.396 e. The molecule has 3 amide bonds. The number of nitrogen functional groups attached to an aromatic ring is 2. The lowest BCUT2D eigenvalue weighted by atomic mass is 9.74. The van der Waals surface area contributed by atoms with E-state index in [0.29, 0.717) is 36.6 Å². The predicted octanol–water partition coefficient (Wildman–Crippen LogP) is 1.60. The van der Waals surface area contributed by atoms with Gasteiger partial charge in [0.15, 0.2) is 0 Å². The van der Waals surface area contributed by atoms with Crippen LogP contribution in [0.2, 0.25) is 0 Å². The Morgan fingerprint density at radius 1 is 1.23 bits per heavy atom. The minimum atomic E-state index is -0.266. The van der Waals surface area contributed by atoms with Crippen molar-refractivity contribution in [3.05, 3.63) is 10.4 Å². The average molecular weight is 449 g/mol. The Balaban J connectivity index is 1.47. The summed E-state index contributed by atoms with van der Waals surface area (Å²) in [5.41, 5.74) is 14.2. The molecule has 172 valence electrons. The molecule has 8 nitrogen and oxygen atoms in total. The Hall–Kier alpha value is -1.84. The third-order valence-corrected chi connectivity index (χ3v) is 8.35. The summed E-state index contributed by atoms with van der Waals surface area (Å²) < 4.78 is 0. The van der Waals surface area contributed by atoms with Crippen LogP contribution in [0, 0.1) is 11.8 Å². The molecule has 3 aliphatic rings. The van der Waals surface area contributed by atoms with Gasteiger partial charge in [-0.25, -0.2) is 4.79 Å². The van der Waals surface area contributed by atoms with Crippen molar-refractivity contribution in [3.63, 3.8) is 0 Å². The lowest BCUT2D eigenvalue weighted by Crippen LogP contribution is -2.56. The summed E-state index contributed by atoms with van der Waals surface area (Å²) >= 11 is 1.61. The number of urea groups is 1. The standard InChI is InChI=1S/C22H36N6O2S/c1-3-25-22(30)28(9-8-27-6-4-5-7-27)21(29)15-10-14-11-16-18(31-20(24)19(16)23)12-17(14)26(2)13-15/h14-15,17H,3-13,23-24H2,1-2H3,(H,25,30)/t14-,15?,17-/m1/s1. The summed E-state index contributed by atoms with van der Waals surface area (Å²) in [6.45, 7) is 6.41. The highest BCUT2D eigenvalue weighted by Gasteiger charge is 2.43. The second-order valence-corrected chi connectivity index (χ2v) is 10.4. The zero-order valence-corrected chi connectivity index (χ0v) is 19.5. The van der Waals surface area contributed by atoms with Crippen molar-refractivity contribution in [1.82, 2.24) is 20.0 Å². The van der Waals surface area contributed by atoms with E-state index < -0.39 is 0 Å². The van der Waals surface area contributed by atoms with Crippen LogP contribution < -0.4 is 16.8 Å². The molecule has 1 aromatic rings. The predicted molar refractivity (Wildman–Crippen MR) is 125 cm³/mol. The Kier molecular flexibility index (Phi) is 6.74. The van der Waals surface area contributed by atoms with E-state index in [-0.39, 0.29) is 17.9 Å². The van der Waals surface area contributed by atoms with Crippen LogP contribution >= 0.6 is 11.3 Å². The van der Waals surface area contributed by atoms with Crippen molar-refractivity contribution >= 4 is 34.0 Å². The number of likely N-dealkylation sites (tertiary alicyclic amines) is 2. The molecular weight excluding hydrogens is 412 g/mol. The number of imide groups is 1. The van der Waals surface area contributed by atoms with E-state index >= 15 is 0 Å². The minimum absolute atomic E-state index is 0.0425. The molecule has 0 bridgehead atoms. The number of hydrogen-bond donors (Lipinski definition) is 3. The first-order chi connectivity index (χ1) is 14.9. The summed E-state index contributed by atoms with van der Waals surface area (Å²) in [5, 5.41) is 3.55. The third kappa shape index (κ3) is 4.54. The number of carbonyl (C=O) groups excluding carboxylic acids is 2. The number of hydrogen-bond acceptors (Lipinski definition) is 7. The maximum Gasteiger partial charge on any atom is 0.324 e. The van der Waals surface area contributed by atoms with Gasteiger partial charge in [-0.1, -0.05) is 0 Å². The fourth-order valence-electron chi connectivity index (χ4n) is 5.58. The molecule has 9 heteroatoms. The quantitative estimate of drug-likeness (QED) is 0.632. The Morgan fingerprint density at radius 2 is 1.97 bits per heavy atom. The van der Waals surface area contributed by atoms with Gasteiger partial charge in [-0.3, -0.25) is 9.69 Å². The van der Waals surface area contributed by atoms with Crippen LogP contribution in [0.1, 0.15) is 36.6 Å². The highest BCUT2D eigenvalue weighted by Crippen LogP contribution is 2.44. The van der Waals surface area contributed by atoms with Gasteiger partial charge in [-0.05, 0) is 70.6 Å². The fourth-order valence-corrected chi connectivity index (χ4v) is 6.65. The third-order valence-electron chi connectivity index (χ3n) is 7.25. The number of fused-ring (bicyclic) bond motifs is 2. The molecule has 2 aliphatic heterocycles. The summed E-state index contributed by atoms with van der Waals surface area (Å²) in [6, 6.07) is 0.133.